The number of fused-ring (bicyclic) bond motifs is 6. The van der Waals surface area contributed by atoms with Crippen LogP contribution >= 0.6 is 0 Å². The lowest BCUT2D eigenvalue weighted by atomic mass is 9.80. The number of esters is 1. The lowest BCUT2D eigenvalue weighted by Gasteiger charge is -2.29. The van der Waals surface area contributed by atoms with E-state index < -0.39 is 0 Å². The van der Waals surface area contributed by atoms with Crippen molar-refractivity contribution in [3.05, 3.63) is 215 Å². The Morgan fingerprint density at radius 2 is 0.805 bits per heavy atom. The number of benzene rings is 8. The normalized spacial score (nSPS) is 13.6. The molecule has 0 saturated carbocycles. The first kappa shape index (κ1) is 62.5. The summed E-state index contributed by atoms with van der Waals surface area (Å²) < 4.78 is 11.7. The average molecular weight is 1160 g/mol. The standard InChI is InChI=1S/C81H94N2O4/c1-11-13-15-17-22-52-78(3,4)76(84)50-32-58-28-38-62(39-29-58)82(66-46-48-70-68-24-18-20-26-72(68)80(7,8)74(70)56-66)64-42-34-60(35-43-64)61-36-44-65(45-37-61)83(67-47-49-71-69-25-19-21-27-73(69)81(9,10)75(71)57-67)63-40-30-59(31-41-63)33-51-77(85)86-54-55-87-79(5,6)53-23-16-14-12-2/h18-21,24-31,34-49,56-57H,11-17,22-23,32-33,50-55H2,1-10H3. The van der Waals surface area contributed by atoms with Crippen LogP contribution in [0.4, 0.5) is 34.1 Å². The number of rotatable bonds is 29. The Balaban J connectivity index is 0.888. The number of hydrogen-bond donors (Lipinski definition) is 0. The number of nitrogens with zero attached hydrogens (tertiary/aromatic N) is 2. The van der Waals surface area contributed by atoms with Crippen LogP contribution in [0.25, 0.3) is 33.4 Å². The Morgan fingerprint density at radius 3 is 1.28 bits per heavy atom. The molecular weight excluding hydrogens is 1060 g/mol. The molecule has 0 fully saturated rings. The molecular formula is C81H94N2O4. The molecule has 0 spiro atoms. The summed E-state index contributed by atoms with van der Waals surface area (Å²) in [5.74, 6) is 0.152. The summed E-state index contributed by atoms with van der Waals surface area (Å²) in [6.07, 6.45) is 15.0. The summed E-state index contributed by atoms with van der Waals surface area (Å²) in [6.45, 7) is 23.0. The SMILES string of the molecule is CCCCCCCC(C)(C)C(=O)CCc1ccc(N(c2ccc(-c3ccc(N(c4ccc(CCC(=O)OCCOC(C)(C)CCCCCC)cc4)c4ccc5c(c4)C(C)(C)c4ccccc4-5)cc3)cc2)c2ccc3c(c2)C(C)(C)c2ccccc2-3)cc1. The van der Waals surface area contributed by atoms with Crippen molar-refractivity contribution in [1.82, 2.24) is 0 Å². The van der Waals surface area contributed by atoms with Crippen LogP contribution in [0.5, 0.6) is 0 Å². The van der Waals surface area contributed by atoms with Gasteiger partial charge in [0.25, 0.3) is 0 Å². The topological polar surface area (TPSA) is 59.1 Å². The second-order valence-corrected chi connectivity index (χ2v) is 27.0. The van der Waals surface area contributed by atoms with Gasteiger partial charge in [0.05, 0.1) is 12.2 Å². The fourth-order valence-corrected chi connectivity index (χ4v) is 13.5. The van der Waals surface area contributed by atoms with Gasteiger partial charge in [-0.15, -0.1) is 0 Å². The first-order valence-electron chi connectivity index (χ1n) is 32.7. The minimum Gasteiger partial charge on any atom is -0.463 e. The number of carbonyl (C=O) groups is 2. The summed E-state index contributed by atoms with van der Waals surface area (Å²) >= 11 is 0. The molecule has 0 bridgehead atoms. The molecule has 0 N–H and O–H groups in total. The predicted molar refractivity (Wildman–Crippen MR) is 365 cm³/mol. The van der Waals surface area contributed by atoms with E-state index in [1.54, 1.807) is 0 Å². The molecule has 0 amide bonds. The van der Waals surface area contributed by atoms with Crippen molar-refractivity contribution < 1.29 is 19.1 Å². The zero-order valence-corrected chi connectivity index (χ0v) is 53.9. The van der Waals surface area contributed by atoms with Crippen molar-refractivity contribution in [2.24, 2.45) is 5.41 Å². The van der Waals surface area contributed by atoms with Crippen molar-refractivity contribution in [3.63, 3.8) is 0 Å². The van der Waals surface area contributed by atoms with Crippen LogP contribution < -0.4 is 9.80 Å². The van der Waals surface area contributed by atoms with Gasteiger partial charge in [-0.1, -0.05) is 222 Å². The van der Waals surface area contributed by atoms with Crippen LogP contribution in [0.2, 0.25) is 0 Å². The van der Waals surface area contributed by atoms with Crippen molar-refractivity contribution in [2.45, 2.75) is 182 Å². The molecule has 0 atom stereocenters. The molecule has 2 aliphatic rings. The predicted octanol–water partition coefficient (Wildman–Crippen LogP) is 22.0. The first-order chi connectivity index (χ1) is 41.9. The van der Waals surface area contributed by atoms with Gasteiger partial charge in [-0.05, 0) is 179 Å². The van der Waals surface area contributed by atoms with Crippen molar-refractivity contribution in [1.29, 1.82) is 0 Å². The van der Waals surface area contributed by atoms with Gasteiger partial charge in [0.15, 0.2) is 0 Å². The van der Waals surface area contributed by atoms with E-state index in [0.29, 0.717) is 31.7 Å². The second-order valence-electron chi connectivity index (χ2n) is 27.0. The molecule has 6 heteroatoms. The van der Waals surface area contributed by atoms with E-state index in [4.69, 9.17) is 9.47 Å². The van der Waals surface area contributed by atoms with E-state index in [-0.39, 0.29) is 34.4 Å². The number of Topliss-reactive ketones (excluding diaryl/α,β-unsaturated/α-hetero) is 1. The molecule has 0 aliphatic heterocycles. The van der Waals surface area contributed by atoms with E-state index >= 15 is 0 Å². The van der Waals surface area contributed by atoms with Crippen LogP contribution in [0.1, 0.15) is 186 Å². The van der Waals surface area contributed by atoms with Crippen LogP contribution in [0, 0.1) is 5.41 Å². The maximum absolute atomic E-state index is 13.6. The minimum atomic E-state index is -0.302. The lowest BCUT2D eigenvalue weighted by molar-refractivity contribution is -0.147. The summed E-state index contributed by atoms with van der Waals surface area (Å²) in [5.41, 5.74) is 20.6. The molecule has 0 radical (unpaired) electrons. The van der Waals surface area contributed by atoms with Crippen LogP contribution in [-0.2, 0) is 42.7 Å². The highest BCUT2D eigenvalue weighted by atomic mass is 16.6. The number of carbonyl (C=O) groups excluding carboxylic acids is 2. The number of aryl methyl sites for hydroxylation is 2. The molecule has 8 aromatic carbocycles. The highest BCUT2D eigenvalue weighted by Crippen LogP contribution is 2.52. The summed E-state index contributed by atoms with van der Waals surface area (Å²) in [6, 6.07) is 67.0. The summed E-state index contributed by atoms with van der Waals surface area (Å²) in [7, 11) is 0. The highest BCUT2D eigenvalue weighted by molar-refractivity contribution is 5.88. The Morgan fingerprint density at radius 1 is 0.414 bits per heavy atom. The van der Waals surface area contributed by atoms with Crippen molar-refractivity contribution in [2.75, 3.05) is 23.0 Å². The van der Waals surface area contributed by atoms with Crippen LogP contribution in [0.3, 0.4) is 0 Å². The molecule has 0 saturated heterocycles. The van der Waals surface area contributed by atoms with E-state index in [2.05, 4.69) is 261 Å². The maximum atomic E-state index is 13.6. The van der Waals surface area contributed by atoms with Crippen LogP contribution in [-0.4, -0.2) is 30.6 Å². The third-order valence-electron chi connectivity index (χ3n) is 19.0. The zero-order chi connectivity index (χ0) is 61.3. The third kappa shape index (κ3) is 14.2. The van der Waals surface area contributed by atoms with Crippen molar-refractivity contribution >= 4 is 45.9 Å². The van der Waals surface area contributed by atoms with Gasteiger partial charge in [-0.3, -0.25) is 9.59 Å². The quantitative estimate of drug-likeness (QED) is 0.0344. The molecule has 87 heavy (non-hydrogen) atoms. The number of hydrogen-bond acceptors (Lipinski definition) is 6. The molecule has 8 aromatic rings. The molecule has 10 rings (SSSR count). The van der Waals surface area contributed by atoms with Gasteiger partial charge < -0.3 is 19.3 Å². The number of ether oxygens (including phenoxy) is 2. The molecule has 0 aromatic heterocycles. The Kier molecular flexibility index (Phi) is 19.6. The molecule has 2 aliphatic carbocycles. The van der Waals surface area contributed by atoms with Gasteiger partial charge in [0.2, 0.25) is 0 Å². The second kappa shape index (κ2) is 27.2. The first-order valence-corrected chi connectivity index (χ1v) is 32.7. The largest absolute Gasteiger partial charge is 0.463 e. The zero-order valence-electron chi connectivity index (χ0n) is 53.9. The van der Waals surface area contributed by atoms with Crippen molar-refractivity contribution in [3.8, 4) is 33.4 Å². The Bertz CT molecular complexity index is 3630. The van der Waals surface area contributed by atoms with Gasteiger partial charge in [0, 0.05) is 63.2 Å². The number of unbranched alkanes of at least 4 members (excludes halogenated alkanes) is 7. The fourth-order valence-electron chi connectivity index (χ4n) is 13.5. The average Bonchev–Trinajstić information content (AvgIpc) is 1.75. The van der Waals surface area contributed by atoms with E-state index in [1.165, 1.54) is 95.0 Å². The molecule has 6 nitrogen and oxygen atoms in total. The highest BCUT2D eigenvalue weighted by Gasteiger charge is 2.37. The van der Waals surface area contributed by atoms with E-state index in [1.807, 2.05) is 0 Å². The lowest BCUT2D eigenvalue weighted by Crippen LogP contribution is -2.26. The van der Waals surface area contributed by atoms with Crippen LogP contribution in [0.15, 0.2) is 182 Å². The monoisotopic (exact) mass is 1160 g/mol. The third-order valence-corrected chi connectivity index (χ3v) is 19.0. The summed E-state index contributed by atoms with van der Waals surface area (Å²) in [5, 5.41) is 0. The van der Waals surface area contributed by atoms with Gasteiger partial charge in [0.1, 0.15) is 12.4 Å². The smallest absolute Gasteiger partial charge is 0.306 e. The van der Waals surface area contributed by atoms with Gasteiger partial charge >= 0.3 is 5.97 Å². The van der Waals surface area contributed by atoms with E-state index in [9.17, 15) is 9.59 Å². The maximum Gasteiger partial charge on any atom is 0.306 e. The molecule has 452 valence electrons. The number of ketones is 1. The molecule has 0 unspecified atom stereocenters. The fraction of sp³-hybridized carbons (Fsp3) is 0.383. The summed E-state index contributed by atoms with van der Waals surface area (Å²) in [4.78, 5) is 31.3. The van der Waals surface area contributed by atoms with Gasteiger partial charge in [-0.2, -0.15) is 0 Å². The Hall–Kier alpha value is -7.54. The number of anilines is 6. The minimum absolute atomic E-state index is 0.149. The van der Waals surface area contributed by atoms with E-state index in [0.717, 1.165) is 82.9 Å². The van der Waals surface area contributed by atoms with Gasteiger partial charge in [-0.25, -0.2) is 0 Å². The Labute approximate surface area is 521 Å². The molecule has 0 heterocycles.